The number of halogens is 1. The third-order valence-corrected chi connectivity index (χ3v) is 6.95. The Kier molecular flexibility index (Phi) is 5.99. The molecule has 5 nitrogen and oxygen atoms in total. The molecule has 1 aromatic rings. The van der Waals surface area contributed by atoms with E-state index in [9.17, 15) is 9.59 Å². The smallest absolute Gasteiger partial charge is 0.315 e. The van der Waals surface area contributed by atoms with Gasteiger partial charge in [-0.1, -0.05) is 48.0 Å². The fourth-order valence-electron chi connectivity index (χ4n) is 4.85. The Balaban J connectivity index is 1.73. The van der Waals surface area contributed by atoms with Crippen molar-refractivity contribution in [1.29, 1.82) is 0 Å². The number of benzene rings is 1. The molecule has 0 spiro atoms. The zero-order chi connectivity index (χ0) is 21.5. The molecule has 2 aliphatic heterocycles. The van der Waals surface area contributed by atoms with Crippen LogP contribution in [0.5, 0.6) is 0 Å². The van der Waals surface area contributed by atoms with Crippen molar-refractivity contribution in [3.8, 4) is 0 Å². The summed E-state index contributed by atoms with van der Waals surface area (Å²) in [5.41, 5.74) is 2.98. The highest BCUT2D eigenvalue weighted by molar-refractivity contribution is 9.10. The summed E-state index contributed by atoms with van der Waals surface area (Å²) in [4.78, 5) is 31.3. The minimum absolute atomic E-state index is 0.0383. The summed E-state index contributed by atoms with van der Waals surface area (Å²) in [7, 11) is 0. The van der Waals surface area contributed by atoms with Crippen LogP contribution in [0, 0.1) is 11.3 Å². The molecule has 1 aliphatic carbocycles. The number of Topliss-reactive ketones (excluding diaryl/α,β-unsaturated/α-hetero) is 1. The Morgan fingerprint density at radius 3 is 2.77 bits per heavy atom. The van der Waals surface area contributed by atoms with Gasteiger partial charge in [0.25, 0.3) is 0 Å². The SMILES string of the molecule is CC1=NC2=C(C(=O)CC(C)(C)C2)[C@@H](c2ccccc2Br)C1C(=O)OC[C@@H]1CCCO1. The number of allylic oxidation sites excluding steroid dienone is 2. The van der Waals surface area contributed by atoms with E-state index in [2.05, 4.69) is 29.8 Å². The molecular formula is C24H28BrNO4. The number of nitrogens with zero attached hydrogens (tertiary/aromatic N) is 1. The second-order valence-electron chi connectivity index (χ2n) is 9.30. The van der Waals surface area contributed by atoms with E-state index >= 15 is 0 Å². The molecule has 2 heterocycles. The van der Waals surface area contributed by atoms with Gasteiger partial charge in [0.1, 0.15) is 12.5 Å². The van der Waals surface area contributed by atoms with Gasteiger partial charge in [-0.15, -0.1) is 0 Å². The fourth-order valence-corrected chi connectivity index (χ4v) is 5.39. The molecule has 0 N–H and O–H groups in total. The summed E-state index contributed by atoms with van der Waals surface area (Å²) in [6, 6.07) is 7.80. The highest BCUT2D eigenvalue weighted by atomic mass is 79.9. The van der Waals surface area contributed by atoms with E-state index in [1.54, 1.807) is 0 Å². The molecule has 1 aromatic carbocycles. The highest BCUT2D eigenvalue weighted by Gasteiger charge is 2.46. The average Bonchev–Trinajstić information content (AvgIpc) is 3.18. The quantitative estimate of drug-likeness (QED) is 0.577. The largest absolute Gasteiger partial charge is 0.462 e. The first-order valence-electron chi connectivity index (χ1n) is 10.6. The maximum absolute atomic E-state index is 13.3. The molecule has 1 unspecified atom stereocenters. The molecule has 4 rings (SSSR count). The summed E-state index contributed by atoms with van der Waals surface area (Å²) in [5, 5.41) is 0. The lowest BCUT2D eigenvalue weighted by atomic mass is 9.67. The Labute approximate surface area is 186 Å². The van der Waals surface area contributed by atoms with Crippen LogP contribution in [0.2, 0.25) is 0 Å². The fraction of sp³-hybridized carbons (Fsp3) is 0.542. The number of rotatable bonds is 4. The van der Waals surface area contributed by atoms with Gasteiger partial charge in [0, 0.05) is 40.4 Å². The van der Waals surface area contributed by atoms with Gasteiger partial charge >= 0.3 is 5.97 Å². The third-order valence-electron chi connectivity index (χ3n) is 6.23. The molecule has 0 radical (unpaired) electrons. The van der Waals surface area contributed by atoms with Crippen LogP contribution in [0.1, 0.15) is 57.9 Å². The lowest BCUT2D eigenvalue weighted by Gasteiger charge is -2.39. The van der Waals surface area contributed by atoms with Crippen LogP contribution in [0.25, 0.3) is 0 Å². The lowest BCUT2D eigenvalue weighted by molar-refractivity contribution is -0.149. The Hall–Kier alpha value is -1.79. The van der Waals surface area contributed by atoms with E-state index < -0.39 is 11.8 Å². The number of hydrogen-bond acceptors (Lipinski definition) is 5. The summed E-state index contributed by atoms with van der Waals surface area (Å²) < 4.78 is 12.2. The summed E-state index contributed by atoms with van der Waals surface area (Å²) in [5.74, 6) is -1.27. The number of ketones is 1. The first kappa shape index (κ1) is 21.4. The highest BCUT2D eigenvalue weighted by Crippen LogP contribution is 2.49. The van der Waals surface area contributed by atoms with Crippen molar-refractivity contribution in [2.45, 2.75) is 58.5 Å². The van der Waals surface area contributed by atoms with E-state index in [0.717, 1.165) is 35.0 Å². The molecular weight excluding hydrogens is 446 g/mol. The summed E-state index contributed by atoms with van der Waals surface area (Å²) in [6.07, 6.45) is 3.04. The molecule has 0 amide bonds. The first-order chi connectivity index (χ1) is 14.3. The van der Waals surface area contributed by atoms with Gasteiger partial charge in [0.2, 0.25) is 0 Å². The number of carbonyl (C=O) groups excluding carboxylic acids is 2. The standard InChI is InChI=1S/C24H28BrNO4/c1-14-20(23(28)30-13-15-7-6-10-29-15)21(16-8-4-5-9-17(16)25)22-18(26-14)11-24(2,3)12-19(22)27/h4-5,8-9,15,20-21H,6-7,10-13H2,1-3H3/t15-,20?,21-/m0/s1. The number of esters is 1. The molecule has 30 heavy (non-hydrogen) atoms. The molecule has 160 valence electrons. The van der Waals surface area contributed by atoms with Crippen LogP contribution in [-0.2, 0) is 19.1 Å². The van der Waals surface area contributed by atoms with Gasteiger partial charge in [0.05, 0.1) is 6.10 Å². The molecule has 0 bridgehead atoms. The van der Waals surface area contributed by atoms with Crippen molar-refractivity contribution in [3.63, 3.8) is 0 Å². The van der Waals surface area contributed by atoms with Crippen LogP contribution in [0.15, 0.2) is 45.0 Å². The zero-order valence-electron chi connectivity index (χ0n) is 17.7. The lowest BCUT2D eigenvalue weighted by Crippen LogP contribution is -2.40. The van der Waals surface area contributed by atoms with Gasteiger partial charge in [-0.2, -0.15) is 0 Å². The van der Waals surface area contributed by atoms with Gasteiger partial charge in [-0.25, -0.2) is 0 Å². The van der Waals surface area contributed by atoms with Gasteiger partial charge in [-0.05, 0) is 43.2 Å². The maximum atomic E-state index is 13.3. The molecule has 6 heteroatoms. The van der Waals surface area contributed by atoms with Crippen molar-refractivity contribution < 1.29 is 19.1 Å². The van der Waals surface area contributed by atoms with Crippen LogP contribution < -0.4 is 0 Å². The van der Waals surface area contributed by atoms with E-state index in [1.165, 1.54) is 0 Å². The molecule has 0 aromatic heterocycles. The normalized spacial score (nSPS) is 28.2. The topological polar surface area (TPSA) is 65.0 Å². The van der Waals surface area contributed by atoms with Gasteiger partial charge < -0.3 is 9.47 Å². The Bertz CT molecular complexity index is 927. The van der Waals surface area contributed by atoms with Crippen molar-refractivity contribution >= 4 is 33.4 Å². The van der Waals surface area contributed by atoms with E-state index in [0.29, 0.717) is 24.3 Å². The second kappa shape index (κ2) is 8.39. The van der Waals surface area contributed by atoms with E-state index in [-0.39, 0.29) is 29.9 Å². The van der Waals surface area contributed by atoms with Crippen LogP contribution in [0.3, 0.4) is 0 Å². The van der Waals surface area contributed by atoms with E-state index in [1.807, 2.05) is 31.2 Å². The van der Waals surface area contributed by atoms with Gasteiger partial charge in [0.15, 0.2) is 5.78 Å². The first-order valence-corrected chi connectivity index (χ1v) is 11.4. The second-order valence-corrected chi connectivity index (χ2v) is 10.2. The minimum atomic E-state index is -0.617. The molecule has 1 saturated heterocycles. The number of hydrogen-bond donors (Lipinski definition) is 0. The molecule has 3 atom stereocenters. The predicted octanol–water partition coefficient (Wildman–Crippen LogP) is 4.99. The van der Waals surface area contributed by atoms with Crippen molar-refractivity contribution in [2.75, 3.05) is 13.2 Å². The van der Waals surface area contributed by atoms with Crippen LogP contribution in [-0.4, -0.2) is 36.8 Å². The predicted molar refractivity (Wildman–Crippen MR) is 118 cm³/mol. The number of aliphatic imine (C=N–C) groups is 1. The Morgan fingerprint density at radius 2 is 2.07 bits per heavy atom. The average molecular weight is 474 g/mol. The van der Waals surface area contributed by atoms with Crippen molar-refractivity contribution in [2.24, 2.45) is 16.3 Å². The van der Waals surface area contributed by atoms with Crippen LogP contribution >= 0.6 is 15.9 Å². The summed E-state index contributed by atoms with van der Waals surface area (Å²) >= 11 is 3.63. The number of carbonyl (C=O) groups is 2. The Morgan fingerprint density at radius 1 is 1.30 bits per heavy atom. The zero-order valence-corrected chi connectivity index (χ0v) is 19.3. The van der Waals surface area contributed by atoms with E-state index in [4.69, 9.17) is 14.5 Å². The molecule has 0 saturated carbocycles. The van der Waals surface area contributed by atoms with Crippen LogP contribution in [0.4, 0.5) is 0 Å². The number of ether oxygens (including phenoxy) is 2. The maximum Gasteiger partial charge on any atom is 0.315 e. The monoisotopic (exact) mass is 473 g/mol. The molecule has 1 fully saturated rings. The van der Waals surface area contributed by atoms with Crippen molar-refractivity contribution in [1.82, 2.24) is 0 Å². The van der Waals surface area contributed by atoms with Gasteiger partial charge in [-0.3, -0.25) is 14.6 Å². The third kappa shape index (κ3) is 4.17. The molecule has 3 aliphatic rings. The van der Waals surface area contributed by atoms with Crippen molar-refractivity contribution in [3.05, 3.63) is 45.6 Å². The minimum Gasteiger partial charge on any atom is -0.462 e. The summed E-state index contributed by atoms with van der Waals surface area (Å²) in [6.45, 7) is 7.02.